The molecule has 0 unspecified atom stereocenters. The molecule has 10 heavy (non-hydrogen) atoms. The van der Waals surface area contributed by atoms with Crippen molar-refractivity contribution in [1.82, 2.24) is 5.32 Å². The average Bonchev–Trinajstić information content (AvgIpc) is 2.38. The highest BCUT2D eigenvalue weighted by molar-refractivity contribution is 5.59. The van der Waals surface area contributed by atoms with Gasteiger partial charge in [-0.2, -0.15) is 0 Å². The van der Waals surface area contributed by atoms with E-state index in [9.17, 15) is 0 Å². The Bertz CT molecular complexity index is 201. The third kappa shape index (κ3) is 1.48. The minimum absolute atomic E-state index is 0.771. The molecule has 0 aliphatic heterocycles. The number of hydrogen-bond acceptors (Lipinski definition) is 2. The zero-order valence-electron chi connectivity index (χ0n) is 6.05. The fourth-order valence-corrected chi connectivity index (χ4v) is 0.780. The summed E-state index contributed by atoms with van der Waals surface area (Å²) >= 11 is 0. The quantitative estimate of drug-likeness (QED) is 0.683. The number of rotatable bonds is 3. The molecule has 0 aliphatic rings. The molecule has 0 atom stereocenters. The van der Waals surface area contributed by atoms with Gasteiger partial charge in [-0.15, -0.1) is 0 Å². The van der Waals surface area contributed by atoms with Gasteiger partial charge in [0.15, 0.2) is 0 Å². The van der Waals surface area contributed by atoms with Crippen LogP contribution in [0.1, 0.15) is 5.76 Å². The standard InChI is InChI=1S/C8H11NO/c1-7(6-9-2)8-4-3-5-10-8/h3-5,9H,1,6H2,2H3. The molecule has 0 spiro atoms. The van der Waals surface area contributed by atoms with Crippen molar-refractivity contribution in [1.29, 1.82) is 0 Å². The van der Waals surface area contributed by atoms with Gasteiger partial charge in [0, 0.05) is 12.1 Å². The van der Waals surface area contributed by atoms with E-state index in [1.165, 1.54) is 0 Å². The van der Waals surface area contributed by atoms with Crippen LogP contribution in [0.4, 0.5) is 0 Å². The fourth-order valence-electron chi connectivity index (χ4n) is 0.780. The van der Waals surface area contributed by atoms with Gasteiger partial charge in [0.2, 0.25) is 0 Å². The molecule has 0 saturated heterocycles. The molecule has 0 saturated carbocycles. The van der Waals surface area contributed by atoms with Gasteiger partial charge < -0.3 is 9.73 Å². The molecule has 0 aliphatic carbocycles. The summed E-state index contributed by atoms with van der Waals surface area (Å²) in [5, 5.41) is 3.00. The second-order valence-electron chi connectivity index (χ2n) is 2.11. The molecule has 54 valence electrons. The van der Waals surface area contributed by atoms with Crippen molar-refractivity contribution in [3.05, 3.63) is 30.7 Å². The van der Waals surface area contributed by atoms with E-state index in [2.05, 4.69) is 11.9 Å². The summed E-state index contributed by atoms with van der Waals surface area (Å²) in [5.41, 5.74) is 0.979. The fraction of sp³-hybridized carbons (Fsp3) is 0.250. The molecular weight excluding hydrogens is 126 g/mol. The first kappa shape index (κ1) is 7.09. The zero-order chi connectivity index (χ0) is 7.40. The van der Waals surface area contributed by atoms with Crippen LogP contribution in [0.15, 0.2) is 29.4 Å². The summed E-state index contributed by atoms with van der Waals surface area (Å²) in [6.07, 6.45) is 1.65. The summed E-state index contributed by atoms with van der Waals surface area (Å²) in [6.45, 7) is 4.60. The molecule has 1 aromatic heterocycles. The maximum atomic E-state index is 5.11. The molecule has 1 aromatic rings. The van der Waals surface area contributed by atoms with Crippen LogP contribution in [-0.2, 0) is 0 Å². The van der Waals surface area contributed by atoms with Crippen molar-refractivity contribution in [2.45, 2.75) is 0 Å². The van der Waals surface area contributed by atoms with Crippen LogP contribution < -0.4 is 5.32 Å². The smallest absolute Gasteiger partial charge is 0.130 e. The number of nitrogens with one attached hydrogen (secondary N) is 1. The third-order valence-corrected chi connectivity index (χ3v) is 1.26. The molecule has 1 N–H and O–H groups in total. The molecule has 0 radical (unpaired) electrons. The number of furan rings is 1. The first-order valence-corrected chi connectivity index (χ1v) is 3.21. The Balaban J connectivity index is 2.59. The summed E-state index contributed by atoms with van der Waals surface area (Å²) in [7, 11) is 1.88. The van der Waals surface area contributed by atoms with Crippen molar-refractivity contribution in [2.24, 2.45) is 0 Å². The van der Waals surface area contributed by atoms with Gasteiger partial charge in [0.05, 0.1) is 6.26 Å². The summed E-state index contributed by atoms with van der Waals surface area (Å²) in [5.74, 6) is 0.856. The molecule has 1 rings (SSSR count). The van der Waals surface area contributed by atoms with Gasteiger partial charge in [0.1, 0.15) is 5.76 Å². The molecule has 1 heterocycles. The van der Waals surface area contributed by atoms with Gasteiger partial charge in [-0.1, -0.05) is 6.58 Å². The van der Waals surface area contributed by atoms with Crippen molar-refractivity contribution in [3.8, 4) is 0 Å². The maximum absolute atomic E-state index is 5.11. The maximum Gasteiger partial charge on any atom is 0.130 e. The van der Waals surface area contributed by atoms with Crippen LogP contribution in [-0.4, -0.2) is 13.6 Å². The van der Waals surface area contributed by atoms with Gasteiger partial charge in [-0.3, -0.25) is 0 Å². The van der Waals surface area contributed by atoms with Crippen molar-refractivity contribution < 1.29 is 4.42 Å². The van der Waals surface area contributed by atoms with Gasteiger partial charge in [-0.25, -0.2) is 0 Å². The van der Waals surface area contributed by atoms with E-state index in [0.29, 0.717) is 0 Å². The summed E-state index contributed by atoms with van der Waals surface area (Å²) < 4.78 is 5.11. The van der Waals surface area contributed by atoms with Crippen LogP contribution in [0.2, 0.25) is 0 Å². The Kier molecular flexibility index (Phi) is 2.29. The van der Waals surface area contributed by atoms with E-state index in [-0.39, 0.29) is 0 Å². The molecule has 0 aromatic carbocycles. The lowest BCUT2D eigenvalue weighted by atomic mass is 10.2. The summed E-state index contributed by atoms with van der Waals surface area (Å²) in [4.78, 5) is 0. The first-order valence-electron chi connectivity index (χ1n) is 3.21. The first-order chi connectivity index (χ1) is 4.84. The highest BCUT2D eigenvalue weighted by Crippen LogP contribution is 2.10. The number of hydrogen-bond donors (Lipinski definition) is 1. The third-order valence-electron chi connectivity index (χ3n) is 1.26. The van der Waals surface area contributed by atoms with E-state index < -0.39 is 0 Å². The topological polar surface area (TPSA) is 25.2 Å². The van der Waals surface area contributed by atoms with Gasteiger partial charge in [-0.05, 0) is 19.2 Å². The SMILES string of the molecule is C=C(CNC)c1ccco1. The average molecular weight is 137 g/mol. The van der Waals surface area contributed by atoms with E-state index >= 15 is 0 Å². The van der Waals surface area contributed by atoms with Crippen LogP contribution in [0.3, 0.4) is 0 Å². The van der Waals surface area contributed by atoms with Crippen LogP contribution in [0, 0.1) is 0 Å². The van der Waals surface area contributed by atoms with Crippen molar-refractivity contribution >= 4 is 5.57 Å². The Morgan fingerprint density at radius 3 is 3.10 bits per heavy atom. The molecule has 2 heteroatoms. The second-order valence-corrected chi connectivity index (χ2v) is 2.11. The lowest BCUT2D eigenvalue weighted by Crippen LogP contribution is -2.08. The minimum atomic E-state index is 0.771. The largest absolute Gasteiger partial charge is 0.465 e. The normalized spacial score (nSPS) is 9.70. The Hall–Kier alpha value is -1.02. The minimum Gasteiger partial charge on any atom is -0.465 e. The Labute approximate surface area is 60.5 Å². The molecule has 0 amide bonds. The van der Waals surface area contributed by atoms with E-state index in [1.807, 2.05) is 19.2 Å². The second kappa shape index (κ2) is 3.22. The highest BCUT2D eigenvalue weighted by atomic mass is 16.3. The van der Waals surface area contributed by atoms with E-state index in [1.54, 1.807) is 6.26 Å². The monoisotopic (exact) mass is 137 g/mol. The number of likely N-dealkylation sites (N-methyl/N-ethyl adjacent to an activating group) is 1. The van der Waals surface area contributed by atoms with E-state index in [4.69, 9.17) is 4.42 Å². The Morgan fingerprint density at radius 2 is 2.60 bits per heavy atom. The zero-order valence-corrected chi connectivity index (χ0v) is 6.05. The predicted molar refractivity (Wildman–Crippen MR) is 41.7 cm³/mol. The molecular formula is C8H11NO. The van der Waals surface area contributed by atoms with Crippen LogP contribution in [0.5, 0.6) is 0 Å². The Morgan fingerprint density at radius 1 is 1.80 bits per heavy atom. The van der Waals surface area contributed by atoms with E-state index in [0.717, 1.165) is 17.9 Å². The molecule has 2 nitrogen and oxygen atoms in total. The van der Waals surface area contributed by atoms with Gasteiger partial charge in [0.25, 0.3) is 0 Å². The predicted octanol–water partition coefficient (Wildman–Crippen LogP) is 1.51. The van der Waals surface area contributed by atoms with Crippen molar-refractivity contribution in [3.63, 3.8) is 0 Å². The molecule has 0 bridgehead atoms. The van der Waals surface area contributed by atoms with Crippen LogP contribution in [0.25, 0.3) is 5.57 Å². The van der Waals surface area contributed by atoms with Gasteiger partial charge >= 0.3 is 0 Å². The highest BCUT2D eigenvalue weighted by Gasteiger charge is 1.97. The summed E-state index contributed by atoms with van der Waals surface area (Å²) in [6, 6.07) is 3.76. The lowest BCUT2D eigenvalue weighted by molar-refractivity contribution is 0.550. The molecule has 0 fully saturated rings. The van der Waals surface area contributed by atoms with Crippen LogP contribution >= 0.6 is 0 Å². The van der Waals surface area contributed by atoms with Crippen molar-refractivity contribution in [2.75, 3.05) is 13.6 Å². The lowest BCUT2D eigenvalue weighted by Gasteiger charge is -1.98.